The largest absolute Gasteiger partial charge is 0.387 e. The number of anilines is 1. The van der Waals surface area contributed by atoms with E-state index in [9.17, 15) is 5.11 Å². The second-order valence-corrected chi connectivity index (χ2v) is 5.43. The Morgan fingerprint density at radius 3 is 2.74 bits per heavy atom. The fourth-order valence-corrected chi connectivity index (χ4v) is 2.86. The molecule has 3 aromatic rings. The average molecular weight is 269 g/mol. The van der Waals surface area contributed by atoms with E-state index in [4.69, 9.17) is 0 Å². The summed E-state index contributed by atoms with van der Waals surface area (Å²) in [4.78, 5) is 0. The first-order valence-corrected chi connectivity index (χ1v) is 7.15. The minimum Gasteiger partial charge on any atom is -0.387 e. The molecular weight excluding hydrogens is 254 g/mol. The first-order valence-electron chi connectivity index (χ1n) is 6.27. The summed E-state index contributed by atoms with van der Waals surface area (Å²) in [5.74, 6) is 0. The van der Waals surface area contributed by atoms with Crippen LogP contribution in [0.4, 0.5) is 5.69 Å². The molecule has 3 heteroatoms. The number of benzene rings is 2. The molecule has 1 atom stereocenters. The van der Waals surface area contributed by atoms with E-state index in [0.29, 0.717) is 6.54 Å². The Balaban J connectivity index is 1.68. The molecule has 0 spiro atoms. The van der Waals surface area contributed by atoms with Gasteiger partial charge >= 0.3 is 0 Å². The van der Waals surface area contributed by atoms with Crippen LogP contribution in [0.25, 0.3) is 10.1 Å². The molecule has 0 fully saturated rings. The topological polar surface area (TPSA) is 32.3 Å². The molecule has 0 saturated heterocycles. The van der Waals surface area contributed by atoms with Gasteiger partial charge in [-0.05, 0) is 40.6 Å². The van der Waals surface area contributed by atoms with Crippen LogP contribution in [-0.4, -0.2) is 11.7 Å². The van der Waals surface area contributed by atoms with E-state index in [1.54, 1.807) is 11.3 Å². The van der Waals surface area contributed by atoms with Crippen molar-refractivity contribution in [2.24, 2.45) is 0 Å². The van der Waals surface area contributed by atoms with Gasteiger partial charge in [0.1, 0.15) is 0 Å². The van der Waals surface area contributed by atoms with Gasteiger partial charge in [0, 0.05) is 16.9 Å². The first kappa shape index (κ1) is 12.2. The Labute approximate surface area is 116 Å². The predicted octanol–water partition coefficient (Wildman–Crippen LogP) is 4.05. The molecule has 0 bridgehead atoms. The highest BCUT2D eigenvalue weighted by atomic mass is 32.1. The summed E-state index contributed by atoms with van der Waals surface area (Å²) < 4.78 is 1.29. The normalized spacial score (nSPS) is 12.5. The minimum absolute atomic E-state index is 0.487. The van der Waals surface area contributed by atoms with Crippen molar-refractivity contribution in [3.8, 4) is 0 Å². The van der Waals surface area contributed by atoms with Crippen LogP contribution >= 0.6 is 11.3 Å². The lowest BCUT2D eigenvalue weighted by Gasteiger charge is -2.13. The summed E-state index contributed by atoms with van der Waals surface area (Å²) in [5.41, 5.74) is 1.98. The second-order valence-electron chi connectivity index (χ2n) is 4.48. The van der Waals surface area contributed by atoms with Crippen LogP contribution in [0.3, 0.4) is 0 Å². The van der Waals surface area contributed by atoms with Crippen molar-refractivity contribution in [2.45, 2.75) is 6.10 Å². The third-order valence-corrected chi connectivity index (χ3v) is 4.03. The lowest BCUT2D eigenvalue weighted by molar-refractivity contribution is 0.191. The van der Waals surface area contributed by atoms with E-state index in [2.05, 4.69) is 35.0 Å². The Morgan fingerprint density at radius 2 is 1.89 bits per heavy atom. The van der Waals surface area contributed by atoms with Crippen LogP contribution in [0.15, 0.2) is 60.0 Å². The summed E-state index contributed by atoms with van der Waals surface area (Å²) in [6.45, 7) is 0.514. The Hall–Kier alpha value is -1.84. The lowest BCUT2D eigenvalue weighted by atomic mass is 10.1. The van der Waals surface area contributed by atoms with E-state index >= 15 is 0 Å². The molecule has 0 aliphatic heterocycles. The molecule has 0 amide bonds. The molecular formula is C16H15NOS. The monoisotopic (exact) mass is 269 g/mol. The molecule has 3 rings (SSSR count). The minimum atomic E-state index is -0.487. The maximum atomic E-state index is 10.1. The van der Waals surface area contributed by atoms with Gasteiger partial charge in [0.2, 0.25) is 0 Å². The zero-order chi connectivity index (χ0) is 13.1. The summed E-state index contributed by atoms with van der Waals surface area (Å²) in [7, 11) is 0. The Kier molecular flexibility index (Phi) is 3.49. The number of hydrogen-bond donors (Lipinski definition) is 2. The molecule has 0 radical (unpaired) electrons. The molecule has 96 valence electrons. The number of thiophene rings is 1. The first-order chi connectivity index (χ1) is 9.33. The molecule has 2 nitrogen and oxygen atoms in total. The van der Waals surface area contributed by atoms with Crippen LogP contribution in [0, 0.1) is 0 Å². The maximum absolute atomic E-state index is 10.1. The highest BCUT2D eigenvalue weighted by molar-refractivity contribution is 7.17. The molecule has 0 aliphatic carbocycles. The van der Waals surface area contributed by atoms with Crippen molar-refractivity contribution < 1.29 is 5.11 Å². The van der Waals surface area contributed by atoms with E-state index < -0.39 is 6.10 Å². The van der Waals surface area contributed by atoms with E-state index in [-0.39, 0.29) is 0 Å². The number of aliphatic hydroxyl groups is 1. The zero-order valence-electron chi connectivity index (χ0n) is 10.4. The van der Waals surface area contributed by atoms with Gasteiger partial charge in [0.05, 0.1) is 6.10 Å². The van der Waals surface area contributed by atoms with Gasteiger partial charge in [-0.3, -0.25) is 0 Å². The van der Waals surface area contributed by atoms with Gasteiger partial charge in [-0.1, -0.05) is 30.3 Å². The standard InChI is InChI=1S/C16H15NOS/c18-15(12-4-2-1-3-5-12)11-17-14-6-7-16-13(10-14)8-9-19-16/h1-10,15,17-18H,11H2. The van der Waals surface area contributed by atoms with Crippen molar-refractivity contribution in [3.05, 3.63) is 65.5 Å². The van der Waals surface area contributed by atoms with Crippen LogP contribution < -0.4 is 5.32 Å². The molecule has 1 heterocycles. The van der Waals surface area contributed by atoms with Gasteiger partial charge in [-0.2, -0.15) is 0 Å². The van der Waals surface area contributed by atoms with Gasteiger partial charge in [-0.15, -0.1) is 11.3 Å². The number of aliphatic hydroxyl groups excluding tert-OH is 1. The van der Waals surface area contributed by atoms with Crippen molar-refractivity contribution in [2.75, 3.05) is 11.9 Å². The van der Waals surface area contributed by atoms with E-state index in [1.807, 2.05) is 30.3 Å². The average Bonchev–Trinajstić information content (AvgIpc) is 2.93. The van der Waals surface area contributed by atoms with Gasteiger partial charge in [-0.25, -0.2) is 0 Å². The van der Waals surface area contributed by atoms with E-state index in [1.165, 1.54) is 10.1 Å². The van der Waals surface area contributed by atoms with Gasteiger partial charge in [0.15, 0.2) is 0 Å². The zero-order valence-corrected chi connectivity index (χ0v) is 11.2. The quantitative estimate of drug-likeness (QED) is 0.749. The second kappa shape index (κ2) is 5.43. The lowest BCUT2D eigenvalue weighted by Crippen LogP contribution is -2.11. The predicted molar refractivity (Wildman–Crippen MR) is 81.7 cm³/mol. The molecule has 2 N–H and O–H groups in total. The Morgan fingerprint density at radius 1 is 1.05 bits per heavy atom. The number of rotatable bonds is 4. The summed E-state index contributed by atoms with van der Waals surface area (Å²) in [6, 6.07) is 18.1. The maximum Gasteiger partial charge on any atom is 0.0962 e. The summed E-state index contributed by atoms with van der Waals surface area (Å²) in [6.07, 6.45) is -0.487. The fourth-order valence-electron chi connectivity index (χ4n) is 2.08. The smallest absolute Gasteiger partial charge is 0.0962 e. The number of hydrogen-bond acceptors (Lipinski definition) is 3. The van der Waals surface area contributed by atoms with Crippen LogP contribution in [0.2, 0.25) is 0 Å². The van der Waals surface area contributed by atoms with E-state index in [0.717, 1.165) is 11.3 Å². The van der Waals surface area contributed by atoms with Gasteiger partial charge in [0.25, 0.3) is 0 Å². The summed E-state index contributed by atoms with van der Waals surface area (Å²) in [5, 5.41) is 16.7. The van der Waals surface area contributed by atoms with Gasteiger partial charge < -0.3 is 10.4 Å². The van der Waals surface area contributed by atoms with Crippen molar-refractivity contribution >= 4 is 27.1 Å². The molecule has 1 unspecified atom stereocenters. The Bertz CT molecular complexity index is 663. The molecule has 0 saturated carbocycles. The number of nitrogens with one attached hydrogen (secondary N) is 1. The highest BCUT2D eigenvalue weighted by Gasteiger charge is 2.06. The fraction of sp³-hybridized carbons (Fsp3) is 0.125. The van der Waals surface area contributed by atoms with Crippen LogP contribution in [0.1, 0.15) is 11.7 Å². The van der Waals surface area contributed by atoms with Crippen molar-refractivity contribution in [1.29, 1.82) is 0 Å². The molecule has 0 aliphatic rings. The van der Waals surface area contributed by atoms with Crippen LogP contribution in [0.5, 0.6) is 0 Å². The van der Waals surface area contributed by atoms with Crippen molar-refractivity contribution in [1.82, 2.24) is 0 Å². The molecule has 1 aromatic heterocycles. The third kappa shape index (κ3) is 2.78. The highest BCUT2D eigenvalue weighted by Crippen LogP contribution is 2.24. The third-order valence-electron chi connectivity index (χ3n) is 3.14. The van der Waals surface area contributed by atoms with Crippen LogP contribution in [-0.2, 0) is 0 Å². The number of fused-ring (bicyclic) bond motifs is 1. The molecule has 19 heavy (non-hydrogen) atoms. The summed E-state index contributed by atoms with van der Waals surface area (Å²) >= 11 is 1.74. The van der Waals surface area contributed by atoms with Crippen molar-refractivity contribution in [3.63, 3.8) is 0 Å². The SMILES string of the molecule is OC(CNc1ccc2sccc2c1)c1ccccc1. The molecule has 2 aromatic carbocycles.